The average Bonchev–Trinajstić information content (AvgIpc) is 2.68. The minimum atomic E-state index is -0.0106. The number of ether oxygens (including phenoxy) is 1. The van der Waals surface area contributed by atoms with E-state index >= 15 is 0 Å². The maximum Gasteiger partial charge on any atom is 0.161 e. The maximum atomic E-state index is 11.5. The monoisotopic (exact) mass is 282 g/mol. The van der Waals surface area contributed by atoms with E-state index < -0.39 is 0 Å². The number of hydrogen-bond acceptors (Lipinski definition) is 4. The highest BCUT2D eigenvalue weighted by atomic mass is 16.5. The van der Waals surface area contributed by atoms with Crippen LogP contribution in [0.1, 0.15) is 22.8 Å². The Bertz CT molecular complexity index is 682. The molecule has 0 saturated heterocycles. The molecule has 2 aromatic rings. The fraction of sp³-hybridized carbons (Fsp3) is 0.235. The van der Waals surface area contributed by atoms with Crippen molar-refractivity contribution >= 4 is 17.2 Å². The van der Waals surface area contributed by atoms with Crippen LogP contribution in [0.5, 0.6) is 5.75 Å². The lowest BCUT2D eigenvalue weighted by Crippen LogP contribution is -2.25. The number of carbonyl (C=O) groups excluding carboxylic acids is 1. The van der Waals surface area contributed by atoms with Gasteiger partial charge in [0.25, 0.3) is 0 Å². The number of fused-ring (bicyclic) bond motifs is 1. The van der Waals surface area contributed by atoms with Gasteiger partial charge in [-0.15, -0.1) is 0 Å². The number of nitrogen functional groups attached to an aromatic ring is 1. The number of benzene rings is 2. The number of rotatable bonds is 2. The fourth-order valence-corrected chi connectivity index (χ4v) is 2.61. The predicted octanol–water partition coefficient (Wildman–Crippen LogP) is 2.87. The molecule has 1 heterocycles. The second kappa shape index (κ2) is 5.48. The molecule has 0 saturated carbocycles. The SMILES string of the molecule is CC(=O)c1ccc(N2CCOc3ccccc3C2)cc1N. The van der Waals surface area contributed by atoms with Crippen molar-refractivity contribution in [3.8, 4) is 5.75 Å². The lowest BCUT2D eigenvalue weighted by molar-refractivity contribution is 0.101. The number of ketones is 1. The number of hydrogen-bond donors (Lipinski definition) is 1. The summed E-state index contributed by atoms with van der Waals surface area (Å²) in [7, 11) is 0. The van der Waals surface area contributed by atoms with Crippen molar-refractivity contribution in [1.82, 2.24) is 0 Å². The van der Waals surface area contributed by atoms with Crippen LogP contribution >= 0.6 is 0 Å². The molecular formula is C17H18N2O2. The van der Waals surface area contributed by atoms with Crippen LogP contribution in [0, 0.1) is 0 Å². The van der Waals surface area contributed by atoms with Gasteiger partial charge in [-0.1, -0.05) is 18.2 Å². The summed E-state index contributed by atoms with van der Waals surface area (Å²) >= 11 is 0. The van der Waals surface area contributed by atoms with Gasteiger partial charge in [0.05, 0.1) is 6.54 Å². The Hall–Kier alpha value is -2.49. The lowest BCUT2D eigenvalue weighted by atomic mass is 10.1. The highest BCUT2D eigenvalue weighted by molar-refractivity contribution is 5.99. The summed E-state index contributed by atoms with van der Waals surface area (Å²) in [4.78, 5) is 13.7. The molecule has 0 fully saturated rings. The van der Waals surface area contributed by atoms with E-state index in [2.05, 4.69) is 11.0 Å². The minimum absolute atomic E-state index is 0.0106. The third-order valence-corrected chi connectivity index (χ3v) is 3.73. The van der Waals surface area contributed by atoms with Crippen molar-refractivity contribution in [3.05, 3.63) is 53.6 Å². The summed E-state index contributed by atoms with van der Waals surface area (Å²) in [6.45, 7) is 3.72. The van der Waals surface area contributed by atoms with Gasteiger partial charge < -0.3 is 15.4 Å². The normalized spacial score (nSPS) is 14.0. The van der Waals surface area contributed by atoms with Gasteiger partial charge >= 0.3 is 0 Å². The average molecular weight is 282 g/mol. The molecule has 0 radical (unpaired) electrons. The molecule has 108 valence electrons. The van der Waals surface area contributed by atoms with Crippen LogP contribution in [0.4, 0.5) is 11.4 Å². The van der Waals surface area contributed by atoms with Gasteiger partial charge in [0, 0.05) is 29.0 Å². The van der Waals surface area contributed by atoms with E-state index in [-0.39, 0.29) is 5.78 Å². The summed E-state index contributed by atoms with van der Waals surface area (Å²) in [5, 5.41) is 0. The predicted molar refractivity (Wildman–Crippen MR) is 83.8 cm³/mol. The van der Waals surface area contributed by atoms with Gasteiger partial charge in [-0.3, -0.25) is 4.79 Å². The first-order valence-corrected chi connectivity index (χ1v) is 7.01. The van der Waals surface area contributed by atoms with Gasteiger partial charge in [-0.25, -0.2) is 0 Å². The number of nitrogens with zero attached hydrogens (tertiary/aromatic N) is 1. The van der Waals surface area contributed by atoms with Crippen LogP contribution in [-0.4, -0.2) is 18.9 Å². The van der Waals surface area contributed by atoms with Crippen molar-refractivity contribution in [2.75, 3.05) is 23.8 Å². The van der Waals surface area contributed by atoms with E-state index in [0.29, 0.717) is 17.9 Å². The van der Waals surface area contributed by atoms with Crippen LogP contribution in [0.2, 0.25) is 0 Å². The minimum Gasteiger partial charge on any atom is -0.491 e. The summed E-state index contributed by atoms with van der Waals surface area (Å²) in [5.74, 6) is 0.928. The summed E-state index contributed by atoms with van der Waals surface area (Å²) in [5.41, 5.74) is 9.25. The molecule has 4 nitrogen and oxygen atoms in total. The van der Waals surface area contributed by atoms with E-state index in [9.17, 15) is 4.79 Å². The quantitative estimate of drug-likeness (QED) is 0.679. The first-order chi connectivity index (χ1) is 10.1. The second-order valence-corrected chi connectivity index (χ2v) is 5.21. The molecule has 4 heteroatoms. The lowest BCUT2D eigenvalue weighted by Gasteiger charge is -2.23. The molecule has 0 unspecified atom stereocenters. The Morgan fingerprint density at radius 2 is 2.05 bits per heavy atom. The van der Waals surface area contributed by atoms with Crippen LogP contribution in [0.25, 0.3) is 0 Å². The van der Waals surface area contributed by atoms with Gasteiger partial charge in [0.15, 0.2) is 5.78 Å². The maximum absolute atomic E-state index is 11.5. The van der Waals surface area contributed by atoms with Crippen molar-refractivity contribution < 1.29 is 9.53 Å². The van der Waals surface area contributed by atoms with E-state index in [0.717, 1.165) is 30.1 Å². The molecule has 0 amide bonds. The van der Waals surface area contributed by atoms with Crippen LogP contribution in [0.3, 0.4) is 0 Å². The molecular weight excluding hydrogens is 264 g/mol. The molecule has 2 N–H and O–H groups in total. The molecule has 1 aliphatic heterocycles. The number of carbonyl (C=O) groups is 1. The first kappa shape index (κ1) is 13.5. The number of para-hydroxylation sites is 1. The smallest absolute Gasteiger partial charge is 0.161 e. The third kappa shape index (κ3) is 2.70. The zero-order valence-corrected chi connectivity index (χ0v) is 12.0. The van der Waals surface area contributed by atoms with Crippen LogP contribution < -0.4 is 15.4 Å². The zero-order chi connectivity index (χ0) is 14.8. The topological polar surface area (TPSA) is 55.6 Å². The van der Waals surface area contributed by atoms with Gasteiger partial charge in [0.2, 0.25) is 0 Å². The van der Waals surface area contributed by atoms with E-state index in [1.54, 1.807) is 6.07 Å². The van der Waals surface area contributed by atoms with E-state index in [1.807, 2.05) is 30.3 Å². The Labute approximate surface area is 124 Å². The van der Waals surface area contributed by atoms with Gasteiger partial charge in [0.1, 0.15) is 12.4 Å². The first-order valence-electron chi connectivity index (χ1n) is 7.01. The van der Waals surface area contributed by atoms with Crippen molar-refractivity contribution in [2.45, 2.75) is 13.5 Å². The number of Topliss-reactive ketones (excluding diaryl/α,β-unsaturated/α-hetero) is 1. The highest BCUT2D eigenvalue weighted by Crippen LogP contribution is 2.28. The zero-order valence-electron chi connectivity index (χ0n) is 12.0. The standard InChI is InChI=1S/C17H18N2O2/c1-12(20)15-7-6-14(10-16(15)18)19-8-9-21-17-5-3-2-4-13(17)11-19/h2-7,10H,8-9,11,18H2,1H3. The molecule has 0 spiro atoms. The summed E-state index contributed by atoms with van der Waals surface area (Å²) < 4.78 is 5.77. The van der Waals surface area contributed by atoms with Crippen molar-refractivity contribution in [3.63, 3.8) is 0 Å². The molecule has 0 aliphatic carbocycles. The largest absolute Gasteiger partial charge is 0.491 e. The van der Waals surface area contributed by atoms with Gasteiger partial charge in [-0.2, -0.15) is 0 Å². The second-order valence-electron chi connectivity index (χ2n) is 5.21. The Morgan fingerprint density at radius 3 is 2.81 bits per heavy atom. The highest BCUT2D eigenvalue weighted by Gasteiger charge is 2.16. The Kier molecular flexibility index (Phi) is 3.52. The van der Waals surface area contributed by atoms with E-state index in [1.165, 1.54) is 6.92 Å². The van der Waals surface area contributed by atoms with Crippen molar-refractivity contribution in [1.29, 1.82) is 0 Å². The Morgan fingerprint density at radius 1 is 1.24 bits per heavy atom. The molecule has 1 aliphatic rings. The van der Waals surface area contributed by atoms with Crippen LogP contribution in [-0.2, 0) is 6.54 Å². The van der Waals surface area contributed by atoms with Gasteiger partial charge in [-0.05, 0) is 31.2 Å². The summed E-state index contributed by atoms with van der Waals surface area (Å²) in [6.07, 6.45) is 0. The molecule has 0 atom stereocenters. The summed E-state index contributed by atoms with van der Waals surface area (Å²) in [6, 6.07) is 13.7. The molecule has 0 aromatic heterocycles. The fourth-order valence-electron chi connectivity index (χ4n) is 2.61. The number of anilines is 2. The number of nitrogens with two attached hydrogens (primary N) is 1. The molecule has 21 heavy (non-hydrogen) atoms. The van der Waals surface area contributed by atoms with Crippen molar-refractivity contribution in [2.24, 2.45) is 0 Å². The molecule has 0 bridgehead atoms. The molecule has 2 aromatic carbocycles. The third-order valence-electron chi connectivity index (χ3n) is 3.73. The molecule has 3 rings (SSSR count). The van der Waals surface area contributed by atoms with E-state index in [4.69, 9.17) is 10.5 Å². The van der Waals surface area contributed by atoms with Crippen LogP contribution in [0.15, 0.2) is 42.5 Å². The Balaban J connectivity index is 1.91.